The Morgan fingerprint density at radius 3 is 2.48 bits per heavy atom. The topological polar surface area (TPSA) is 149 Å². The molecule has 29 heavy (non-hydrogen) atoms. The molecular formula is C18H28N4O7. The molecule has 0 unspecified atom stereocenters. The fourth-order valence-corrected chi connectivity index (χ4v) is 2.27. The molecule has 0 saturated carbocycles. The van der Waals surface area contributed by atoms with Crippen molar-refractivity contribution in [2.24, 2.45) is 0 Å². The summed E-state index contributed by atoms with van der Waals surface area (Å²) in [6, 6.07) is -1.08. The third-order valence-electron chi connectivity index (χ3n) is 3.57. The summed E-state index contributed by atoms with van der Waals surface area (Å²) < 4.78 is 11.1. The monoisotopic (exact) mass is 412 g/mol. The minimum atomic E-state index is -1.08. The summed E-state index contributed by atoms with van der Waals surface area (Å²) in [5, 5.41) is 4.81. The fourth-order valence-electron chi connectivity index (χ4n) is 2.27. The van der Waals surface area contributed by atoms with E-state index in [-0.39, 0.29) is 26.1 Å². The number of nitrogens with one attached hydrogen (secondary N) is 3. The molecule has 0 bridgehead atoms. The summed E-state index contributed by atoms with van der Waals surface area (Å²) in [6.45, 7) is 8.03. The first-order chi connectivity index (χ1) is 13.4. The minimum absolute atomic E-state index is 0.0132. The average Bonchev–Trinajstić information content (AvgIpc) is 2.59. The highest BCUT2D eigenvalue weighted by Gasteiger charge is 2.25. The molecule has 162 valence electrons. The molecule has 1 aromatic heterocycles. The van der Waals surface area contributed by atoms with Crippen LogP contribution < -0.4 is 21.9 Å². The van der Waals surface area contributed by atoms with E-state index in [1.807, 2.05) is 0 Å². The predicted octanol–water partition coefficient (Wildman–Crippen LogP) is -0.192. The van der Waals surface area contributed by atoms with Gasteiger partial charge in [0.05, 0.1) is 6.61 Å². The Bertz CT molecular complexity index is 851. The molecule has 0 fully saturated rings. The number of rotatable bonds is 8. The summed E-state index contributed by atoms with van der Waals surface area (Å²) in [6.07, 6.45) is 0.556. The number of H-pyrrole nitrogens is 1. The van der Waals surface area contributed by atoms with E-state index < -0.39 is 40.9 Å². The van der Waals surface area contributed by atoms with Crippen molar-refractivity contribution in [2.45, 2.75) is 59.2 Å². The van der Waals surface area contributed by atoms with E-state index in [4.69, 9.17) is 9.47 Å². The van der Waals surface area contributed by atoms with Gasteiger partial charge in [-0.1, -0.05) is 0 Å². The summed E-state index contributed by atoms with van der Waals surface area (Å²) in [4.78, 5) is 61.5. The van der Waals surface area contributed by atoms with Gasteiger partial charge in [0.25, 0.3) is 5.56 Å². The summed E-state index contributed by atoms with van der Waals surface area (Å²) in [7, 11) is 0. The van der Waals surface area contributed by atoms with Crippen molar-refractivity contribution in [3.63, 3.8) is 0 Å². The average molecular weight is 412 g/mol. The highest BCUT2D eigenvalue weighted by atomic mass is 16.6. The maximum Gasteiger partial charge on any atom is 0.408 e. The normalized spacial score (nSPS) is 12.0. The van der Waals surface area contributed by atoms with Crippen LogP contribution in [0, 0.1) is 6.92 Å². The standard InChI is InChI=1S/C18H28N4O7/c1-6-28-13(23)9-19-15(25)12(20-17(27)29-18(3,4)5)7-8-22-10-11(2)14(24)21-16(22)26/h10,12H,6-9H2,1-5H3,(H,19,25)(H,20,27)(H,21,24,26)/t12-/m0/s1. The van der Waals surface area contributed by atoms with Crippen LogP contribution in [0.3, 0.4) is 0 Å². The second kappa shape index (κ2) is 10.4. The maximum atomic E-state index is 12.4. The molecule has 11 nitrogen and oxygen atoms in total. The van der Waals surface area contributed by atoms with Gasteiger partial charge in [0.2, 0.25) is 5.91 Å². The van der Waals surface area contributed by atoms with Gasteiger partial charge < -0.3 is 24.7 Å². The largest absolute Gasteiger partial charge is 0.465 e. The quantitative estimate of drug-likeness (QED) is 0.501. The number of ether oxygens (including phenoxy) is 2. The number of nitrogens with zero attached hydrogens (tertiary/aromatic N) is 1. The Balaban J connectivity index is 2.89. The van der Waals surface area contributed by atoms with Gasteiger partial charge in [0, 0.05) is 18.3 Å². The molecule has 0 aliphatic heterocycles. The van der Waals surface area contributed by atoms with Crippen LogP contribution >= 0.6 is 0 Å². The van der Waals surface area contributed by atoms with Gasteiger partial charge in [-0.2, -0.15) is 0 Å². The van der Waals surface area contributed by atoms with Crippen molar-refractivity contribution in [1.82, 2.24) is 20.2 Å². The third kappa shape index (κ3) is 8.62. The molecule has 0 radical (unpaired) electrons. The van der Waals surface area contributed by atoms with Gasteiger partial charge in [-0.25, -0.2) is 9.59 Å². The third-order valence-corrected chi connectivity index (χ3v) is 3.57. The molecule has 1 aromatic rings. The van der Waals surface area contributed by atoms with Crippen molar-refractivity contribution < 1.29 is 23.9 Å². The molecule has 1 heterocycles. The second-order valence-corrected chi connectivity index (χ2v) is 7.28. The van der Waals surface area contributed by atoms with Gasteiger partial charge in [0.1, 0.15) is 18.2 Å². The number of carbonyl (C=O) groups is 3. The summed E-state index contributed by atoms with van der Waals surface area (Å²) in [5.74, 6) is -1.26. The van der Waals surface area contributed by atoms with Crippen LogP contribution in [0.1, 0.15) is 39.7 Å². The lowest BCUT2D eigenvalue weighted by Gasteiger charge is -2.23. The molecule has 0 spiro atoms. The highest BCUT2D eigenvalue weighted by Crippen LogP contribution is 2.07. The number of aryl methyl sites for hydroxylation is 2. The van der Waals surface area contributed by atoms with Crippen LogP contribution in [0.15, 0.2) is 15.8 Å². The first-order valence-electron chi connectivity index (χ1n) is 9.16. The first-order valence-corrected chi connectivity index (χ1v) is 9.16. The maximum absolute atomic E-state index is 12.4. The van der Waals surface area contributed by atoms with E-state index >= 15 is 0 Å². The highest BCUT2D eigenvalue weighted by molar-refractivity contribution is 5.88. The van der Waals surface area contributed by atoms with Crippen molar-refractivity contribution in [2.75, 3.05) is 13.2 Å². The lowest BCUT2D eigenvalue weighted by atomic mass is 10.2. The van der Waals surface area contributed by atoms with Gasteiger partial charge in [-0.3, -0.25) is 19.4 Å². The van der Waals surface area contributed by atoms with Crippen molar-refractivity contribution in [1.29, 1.82) is 0 Å². The van der Waals surface area contributed by atoms with Gasteiger partial charge in [0.15, 0.2) is 0 Å². The molecule has 0 aliphatic rings. The smallest absolute Gasteiger partial charge is 0.408 e. The lowest BCUT2D eigenvalue weighted by molar-refractivity contribution is -0.143. The molecule has 0 aliphatic carbocycles. The number of alkyl carbamates (subject to hydrolysis) is 1. The van der Waals surface area contributed by atoms with Gasteiger partial charge in [-0.05, 0) is 41.0 Å². The number of aromatic amines is 1. The molecule has 3 N–H and O–H groups in total. The Morgan fingerprint density at radius 1 is 1.24 bits per heavy atom. The van der Waals surface area contributed by atoms with Crippen LogP contribution in [0.4, 0.5) is 4.79 Å². The van der Waals surface area contributed by atoms with E-state index in [0.717, 1.165) is 0 Å². The predicted molar refractivity (Wildman–Crippen MR) is 103 cm³/mol. The SMILES string of the molecule is CCOC(=O)CNC(=O)[C@H](CCn1cc(C)c(=O)[nH]c1=O)NC(=O)OC(C)(C)C. The first kappa shape index (κ1) is 23.9. The van der Waals surface area contributed by atoms with Crippen LogP contribution in [-0.4, -0.2) is 52.3 Å². The fraction of sp³-hybridized carbons (Fsp3) is 0.611. The summed E-state index contributed by atoms with van der Waals surface area (Å²) in [5.41, 5.74) is -1.58. The Morgan fingerprint density at radius 2 is 1.90 bits per heavy atom. The number of hydrogen-bond acceptors (Lipinski definition) is 7. The molecule has 0 aromatic carbocycles. The molecular weight excluding hydrogens is 384 g/mol. The minimum Gasteiger partial charge on any atom is -0.465 e. The number of carbonyl (C=O) groups excluding carboxylic acids is 3. The Hall–Kier alpha value is -3.11. The molecule has 0 saturated heterocycles. The Kier molecular flexibility index (Phi) is 8.61. The zero-order chi connectivity index (χ0) is 22.2. The number of hydrogen-bond donors (Lipinski definition) is 3. The van der Waals surface area contributed by atoms with E-state index in [1.54, 1.807) is 27.7 Å². The number of amides is 2. The summed E-state index contributed by atoms with van der Waals surface area (Å²) >= 11 is 0. The zero-order valence-corrected chi connectivity index (χ0v) is 17.3. The Labute approximate surface area is 167 Å². The van der Waals surface area contributed by atoms with Crippen LogP contribution in [0.2, 0.25) is 0 Å². The van der Waals surface area contributed by atoms with E-state index in [1.165, 1.54) is 17.7 Å². The van der Waals surface area contributed by atoms with Crippen LogP contribution in [0.5, 0.6) is 0 Å². The van der Waals surface area contributed by atoms with Crippen molar-refractivity contribution in [3.8, 4) is 0 Å². The van der Waals surface area contributed by atoms with E-state index in [9.17, 15) is 24.0 Å². The van der Waals surface area contributed by atoms with Gasteiger partial charge >= 0.3 is 17.8 Å². The lowest BCUT2D eigenvalue weighted by Crippen LogP contribution is -2.50. The molecule has 1 rings (SSSR count). The van der Waals surface area contributed by atoms with E-state index in [0.29, 0.717) is 5.56 Å². The van der Waals surface area contributed by atoms with Crippen molar-refractivity contribution in [3.05, 3.63) is 32.6 Å². The number of aromatic nitrogens is 2. The number of esters is 1. The van der Waals surface area contributed by atoms with Crippen LogP contribution in [-0.2, 0) is 25.6 Å². The van der Waals surface area contributed by atoms with Crippen molar-refractivity contribution >= 4 is 18.0 Å². The van der Waals surface area contributed by atoms with E-state index in [2.05, 4.69) is 15.6 Å². The van der Waals surface area contributed by atoms with Gasteiger partial charge in [-0.15, -0.1) is 0 Å². The zero-order valence-electron chi connectivity index (χ0n) is 17.3. The van der Waals surface area contributed by atoms with Crippen LogP contribution in [0.25, 0.3) is 0 Å². The second-order valence-electron chi connectivity index (χ2n) is 7.28. The molecule has 11 heteroatoms. The molecule has 2 amide bonds. The molecule has 1 atom stereocenters.